The smallest absolute Gasteiger partial charge is 0.305 e. The fraction of sp³-hybridized carbons (Fsp3) is 0.500. The molecule has 0 saturated carbocycles. The molecule has 1 aliphatic heterocycles. The predicted molar refractivity (Wildman–Crippen MR) is 71.9 cm³/mol. The van der Waals surface area contributed by atoms with E-state index in [2.05, 4.69) is 23.8 Å². The SMILES string of the molecule is C[C@@H]1[C@H](CC(=O)O)N(c2ccccc2)CCN1C. The van der Waals surface area contributed by atoms with Gasteiger partial charge < -0.3 is 10.0 Å². The van der Waals surface area contributed by atoms with Crippen molar-refractivity contribution in [3.63, 3.8) is 0 Å². The van der Waals surface area contributed by atoms with E-state index in [0.717, 1.165) is 18.8 Å². The summed E-state index contributed by atoms with van der Waals surface area (Å²) in [6.45, 7) is 3.94. The number of hydrogen-bond donors (Lipinski definition) is 1. The Kier molecular flexibility index (Phi) is 3.87. The minimum atomic E-state index is -0.733. The van der Waals surface area contributed by atoms with Crippen LogP contribution >= 0.6 is 0 Å². The third kappa shape index (κ3) is 2.64. The molecule has 0 radical (unpaired) electrons. The normalized spacial score (nSPS) is 25.1. The summed E-state index contributed by atoms with van der Waals surface area (Å²) in [5, 5.41) is 9.09. The highest BCUT2D eigenvalue weighted by Crippen LogP contribution is 2.25. The van der Waals surface area contributed by atoms with Crippen LogP contribution in [-0.4, -0.2) is 48.2 Å². The molecule has 0 aliphatic carbocycles. The molecule has 4 heteroatoms. The van der Waals surface area contributed by atoms with E-state index >= 15 is 0 Å². The Balaban J connectivity index is 2.24. The second kappa shape index (κ2) is 5.40. The summed E-state index contributed by atoms with van der Waals surface area (Å²) in [4.78, 5) is 15.5. The van der Waals surface area contributed by atoms with Gasteiger partial charge in [-0.2, -0.15) is 0 Å². The summed E-state index contributed by atoms with van der Waals surface area (Å²) < 4.78 is 0. The average Bonchev–Trinajstić information content (AvgIpc) is 2.36. The highest BCUT2D eigenvalue weighted by Gasteiger charge is 2.33. The van der Waals surface area contributed by atoms with Crippen LogP contribution in [0.4, 0.5) is 5.69 Å². The van der Waals surface area contributed by atoms with Crippen molar-refractivity contribution in [2.75, 3.05) is 25.0 Å². The maximum absolute atomic E-state index is 11.1. The zero-order valence-electron chi connectivity index (χ0n) is 10.9. The summed E-state index contributed by atoms with van der Waals surface area (Å²) in [6, 6.07) is 10.3. The van der Waals surface area contributed by atoms with Crippen LogP contribution in [0.3, 0.4) is 0 Å². The van der Waals surface area contributed by atoms with Gasteiger partial charge in [-0.3, -0.25) is 9.69 Å². The van der Waals surface area contributed by atoms with E-state index in [1.807, 2.05) is 30.3 Å². The number of hydrogen-bond acceptors (Lipinski definition) is 3. The molecule has 2 rings (SSSR count). The molecule has 1 heterocycles. The van der Waals surface area contributed by atoms with Gasteiger partial charge in [0.25, 0.3) is 0 Å². The van der Waals surface area contributed by atoms with Crippen LogP contribution in [0, 0.1) is 0 Å². The highest BCUT2D eigenvalue weighted by atomic mass is 16.4. The monoisotopic (exact) mass is 248 g/mol. The van der Waals surface area contributed by atoms with Crippen molar-refractivity contribution in [3.8, 4) is 0 Å². The lowest BCUT2D eigenvalue weighted by atomic mass is 9.99. The van der Waals surface area contributed by atoms with Crippen LogP contribution in [0.25, 0.3) is 0 Å². The molecule has 0 spiro atoms. The van der Waals surface area contributed by atoms with Gasteiger partial charge in [0.1, 0.15) is 0 Å². The summed E-state index contributed by atoms with van der Waals surface area (Å²) in [6.07, 6.45) is 0.181. The molecule has 1 aromatic carbocycles. The molecule has 0 aromatic heterocycles. The number of rotatable bonds is 3. The number of aliphatic carboxylic acids is 1. The Labute approximate surface area is 108 Å². The Morgan fingerprint density at radius 3 is 2.61 bits per heavy atom. The third-order valence-electron chi connectivity index (χ3n) is 3.82. The predicted octanol–water partition coefficient (Wildman–Crippen LogP) is 1.67. The molecular formula is C14H20N2O2. The molecule has 0 unspecified atom stereocenters. The van der Waals surface area contributed by atoms with Gasteiger partial charge in [-0.25, -0.2) is 0 Å². The maximum atomic E-state index is 11.1. The Hall–Kier alpha value is -1.55. The fourth-order valence-electron chi connectivity index (χ4n) is 2.59. The summed E-state index contributed by atoms with van der Waals surface area (Å²) in [7, 11) is 2.06. The lowest BCUT2D eigenvalue weighted by molar-refractivity contribution is -0.137. The van der Waals surface area contributed by atoms with Gasteiger partial charge in [-0.15, -0.1) is 0 Å². The van der Waals surface area contributed by atoms with Gasteiger partial charge in [0.2, 0.25) is 0 Å². The molecule has 98 valence electrons. The second-order valence-corrected chi connectivity index (χ2v) is 4.92. The number of piperazine rings is 1. The van der Waals surface area contributed by atoms with E-state index in [1.165, 1.54) is 0 Å². The summed E-state index contributed by atoms with van der Waals surface area (Å²) in [5.41, 5.74) is 1.11. The lowest BCUT2D eigenvalue weighted by Gasteiger charge is -2.45. The van der Waals surface area contributed by atoms with Gasteiger partial charge in [-0.1, -0.05) is 18.2 Å². The van der Waals surface area contributed by atoms with E-state index in [4.69, 9.17) is 5.11 Å². The zero-order valence-corrected chi connectivity index (χ0v) is 10.9. The van der Waals surface area contributed by atoms with Crippen molar-refractivity contribution < 1.29 is 9.90 Å². The van der Waals surface area contributed by atoms with E-state index in [1.54, 1.807) is 0 Å². The number of nitrogens with zero attached hydrogens (tertiary/aromatic N) is 2. The van der Waals surface area contributed by atoms with Crippen LogP contribution in [0.2, 0.25) is 0 Å². The third-order valence-corrected chi connectivity index (χ3v) is 3.82. The van der Waals surface area contributed by atoms with Gasteiger partial charge in [0, 0.05) is 24.8 Å². The van der Waals surface area contributed by atoms with Crippen molar-refractivity contribution in [1.82, 2.24) is 4.90 Å². The standard InChI is InChI=1S/C14H20N2O2/c1-11-13(10-14(17)18)16(9-8-15(11)2)12-6-4-3-5-7-12/h3-7,11,13H,8-10H2,1-2H3,(H,17,18)/t11-,13+/m1/s1. The maximum Gasteiger partial charge on any atom is 0.305 e. The molecule has 2 atom stereocenters. The molecular weight excluding hydrogens is 228 g/mol. The zero-order chi connectivity index (χ0) is 13.1. The van der Waals surface area contributed by atoms with Gasteiger partial charge >= 0.3 is 5.97 Å². The van der Waals surface area contributed by atoms with Crippen molar-refractivity contribution in [1.29, 1.82) is 0 Å². The van der Waals surface area contributed by atoms with Crippen molar-refractivity contribution in [2.24, 2.45) is 0 Å². The number of carbonyl (C=O) groups is 1. The minimum Gasteiger partial charge on any atom is -0.481 e. The van der Waals surface area contributed by atoms with Crippen LogP contribution in [0.15, 0.2) is 30.3 Å². The van der Waals surface area contributed by atoms with Crippen LogP contribution in [-0.2, 0) is 4.79 Å². The van der Waals surface area contributed by atoms with Crippen LogP contribution in [0.5, 0.6) is 0 Å². The number of likely N-dealkylation sites (N-methyl/N-ethyl adjacent to an activating group) is 1. The van der Waals surface area contributed by atoms with E-state index in [0.29, 0.717) is 0 Å². The largest absolute Gasteiger partial charge is 0.481 e. The number of para-hydroxylation sites is 1. The minimum absolute atomic E-state index is 0.0312. The molecule has 1 saturated heterocycles. The number of carboxylic acids is 1. The van der Waals surface area contributed by atoms with E-state index in [9.17, 15) is 4.79 Å². The second-order valence-electron chi connectivity index (χ2n) is 4.92. The Morgan fingerprint density at radius 1 is 1.33 bits per heavy atom. The number of benzene rings is 1. The molecule has 0 bridgehead atoms. The molecule has 1 fully saturated rings. The molecule has 1 N–H and O–H groups in total. The molecule has 0 amide bonds. The highest BCUT2D eigenvalue weighted by molar-refractivity contribution is 5.69. The molecule has 4 nitrogen and oxygen atoms in total. The molecule has 1 aliphatic rings. The van der Waals surface area contributed by atoms with E-state index < -0.39 is 5.97 Å². The first-order valence-electron chi connectivity index (χ1n) is 6.33. The van der Waals surface area contributed by atoms with Crippen LogP contribution < -0.4 is 4.90 Å². The average molecular weight is 248 g/mol. The lowest BCUT2D eigenvalue weighted by Crippen LogP contribution is -2.58. The molecule has 18 heavy (non-hydrogen) atoms. The topological polar surface area (TPSA) is 43.8 Å². The van der Waals surface area contributed by atoms with Crippen molar-refractivity contribution in [3.05, 3.63) is 30.3 Å². The van der Waals surface area contributed by atoms with Gasteiger partial charge in [0.15, 0.2) is 0 Å². The van der Waals surface area contributed by atoms with Gasteiger partial charge in [-0.05, 0) is 26.1 Å². The quantitative estimate of drug-likeness (QED) is 0.883. The Bertz CT molecular complexity index is 408. The van der Waals surface area contributed by atoms with Crippen molar-refractivity contribution in [2.45, 2.75) is 25.4 Å². The van der Waals surface area contributed by atoms with E-state index in [-0.39, 0.29) is 18.5 Å². The van der Waals surface area contributed by atoms with Gasteiger partial charge in [0.05, 0.1) is 12.5 Å². The molecule has 1 aromatic rings. The first kappa shape index (κ1) is 12.9. The number of anilines is 1. The van der Waals surface area contributed by atoms with Crippen molar-refractivity contribution >= 4 is 11.7 Å². The fourth-order valence-corrected chi connectivity index (χ4v) is 2.59. The summed E-state index contributed by atoms with van der Waals surface area (Å²) >= 11 is 0. The summed E-state index contributed by atoms with van der Waals surface area (Å²) in [5.74, 6) is -0.733. The first-order valence-corrected chi connectivity index (χ1v) is 6.33. The number of carboxylic acid groups (broad SMARTS) is 1. The van der Waals surface area contributed by atoms with Crippen LogP contribution in [0.1, 0.15) is 13.3 Å². The first-order chi connectivity index (χ1) is 8.59. The Morgan fingerprint density at radius 2 is 2.00 bits per heavy atom.